The lowest BCUT2D eigenvalue weighted by Crippen LogP contribution is -2.42. The standard InChI is InChI=1S/C28H25F3N6O2S/c1-16-4-3-5-17(2)24(16)34-27(40)35-26(38)33-23-14-22(23)18-6-8-19(9-7-18)25-32-15-37(36-25)20-10-12-21(13-11-20)39-28(29,30)31/h3-13,15,22-23H,14H2,1-2H3,(H3,33,34,35,38,40). The van der Waals surface area contributed by atoms with Gasteiger partial charge in [0.2, 0.25) is 0 Å². The summed E-state index contributed by atoms with van der Waals surface area (Å²) in [6, 6.07) is 18.6. The van der Waals surface area contributed by atoms with Gasteiger partial charge in [0.15, 0.2) is 10.9 Å². The fraction of sp³-hybridized carbons (Fsp3) is 0.214. The molecular weight excluding hydrogens is 541 g/mol. The molecule has 2 amide bonds. The second-order valence-electron chi connectivity index (χ2n) is 9.44. The van der Waals surface area contributed by atoms with Crippen molar-refractivity contribution in [1.82, 2.24) is 25.4 Å². The van der Waals surface area contributed by atoms with Gasteiger partial charge in [-0.15, -0.1) is 18.3 Å². The Kier molecular flexibility index (Phi) is 7.44. The van der Waals surface area contributed by atoms with Crippen LogP contribution in [0.3, 0.4) is 0 Å². The van der Waals surface area contributed by atoms with Crippen LogP contribution < -0.4 is 20.7 Å². The van der Waals surface area contributed by atoms with E-state index < -0.39 is 6.36 Å². The van der Waals surface area contributed by atoms with E-state index in [9.17, 15) is 18.0 Å². The Morgan fingerprint density at radius 3 is 2.35 bits per heavy atom. The third kappa shape index (κ3) is 6.57. The van der Waals surface area contributed by atoms with Gasteiger partial charge in [0.1, 0.15) is 12.1 Å². The summed E-state index contributed by atoms with van der Waals surface area (Å²) in [6.07, 6.45) is -2.45. The number of rotatable bonds is 6. The molecule has 12 heteroatoms. The first-order chi connectivity index (χ1) is 19.1. The quantitative estimate of drug-likeness (QED) is 0.248. The van der Waals surface area contributed by atoms with Crippen molar-refractivity contribution in [2.24, 2.45) is 0 Å². The van der Waals surface area contributed by atoms with E-state index in [2.05, 4.69) is 30.8 Å². The van der Waals surface area contributed by atoms with Crippen molar-refractivity contribution in [3.63, 3.8) is 0 Å². The number of aromatic nitrogens is 3. The van der Waals surface area contributed by atoms with E-state index in [1.807, 2.05) is 56.3 Å². The molecule has 2 unspecified atom stereocenters. The largest absolute Gasteiger partial charge is 0.573 e. The number of halogens is 3. The van der Waals surface area contributed by atoms with Crippen LogP contribution in [0.15, 0.2) is 73.1 Å². The summed E-state index contributed by atoms with van der Waals surface area (Å²) in [5.74, 6) is 0.342. The lowest BCUT2D eigenvalue weighted by Gasteiger charge is -2.14. The van der Waals surface area contributed by atoms with Crippen molar-refractivity contribution in [3.05, 3.63) is 89.7 Å². The molecule has 3 aromatic carbocycles. The molecule has 4 aromatic rings. The van der Waals surface area contributed by atoms with E-state index in [1.165, 1.54) is 35.3 Å². The van der Waals surface area contributed by atoms with Gasteiger partial charge in [0.05, 0.1) is 5.69 Å². The predicted molar refractivity (Wildman–Crippen MR) is 148 cm³/mol. The molecule has 5 rings (SSSR count). The molecule has 206 valence electrons. The highest BCUT2D eigenvalue weighted by atomic mass is 32.1. The fourth-order valence-corrected chi connectivity index (χ4v) is 4.58. The molecule has 0 saturated heterocycles. The predicted octanol–water partition coefficient (Wildman–Crippen LogP) is 6.00. The van der Waals surface area contributed by atoms with Crippen LogP contribution in [-0.4, -0.2) is 38.3 Å². The number of urea groups is 1. The van der Waals surface area contributed by atoms with Crippen molar-refractivity contribution in [2.75, 3.05) is 5.32 Å². The number of anilines is 1. The second-order valence-corrected chi connectivity index (χ2v) is 9.85. The molecule has 1 aromatic heterocycles. The number of nitrogens with one attached hydrogen (secondary N) is 3. The van der Waals surface area contributed by atoms with Crippen molar-refractivity contribution in [2.45, 2.75) is 38.6 Å². The maximum absolute atomic E-state index is 12.5. The number of ether oxygens (including phenoxy) is 1. The summed E-state index contributed by atoms with van der Waals surface area (Å²) < 4.78 is 42.5. The molecule has 8 nitrogen and oxygen atoms in total. The van der Waals surface area contributed by atoms with Gasteiger partial charge in [-0.05, 0) is 73.4 Å². The molecule has 1 aliphatic rings. The molecule has 0 bridgehead atoms. The molecule has 1 heterocycles. The molecule has 1 saturated carbocycles. The van der Waals surface area contributed by atoms with Gasteiger partial charge < -0.3 is 15.4 Å². The highest BCUT2D eigenvalue weighted by Gasteiger charge is 2.39. The number of benzene rings is 3. The van der Waals surface area contributed by atoms with E-state index in [-0.39, 0.29) is 28.9 Å². The number of carbonyl (C=O) groups excluding carboxylic acids is 1. The first-order valence-electron chi connectivity index (χ1n) is 12.4. The number of aryl methyl sites for hydroxylation is 2. The SMILES string of the molecule is Cc1cccc(C)c1NC(=S)NC(=O)NC1CC1c1ccc(-c2ncn(-c3ccc(OC(F)(F)F)cc3)n2)cc1. The number of hydrogen-bond acceptors (Lipinski definition) is 5. The number of thiocarbonyl (C=S) groups is 1. The highest BCUT2D eigenvalue weighted by molar-refractivity contribution is 7.80. The van der Waals surface area contributed by atoms with Gasteiger partial charge >= 0.3 is 12.4 Å². The van der Waals surface area contributed by atoms with Crippen LogP contribution in [0.1, 0.15) is 29.0 Å². The molecular formula is C28H25F3N6O2S. The van der Waals surface area contributed by atoms with Gasteiger partial charge in [0, 0.05) is 23.2 Å². The zero-order valence-corrected chi connectivity index (χ0v) is 22.3. The number of alkyl halides is 3. The number of para-hydroxylation sites is 1. The van der Waals surface area contributed by atoms with E-state index in [1.54, 1.807) is 0 Å². The normalized spacial score (nSPS) is 16.2. The molecule has 0 radical (unpaired) electrons. The lowest BCUT2D eigenvalue weighted by molar-refractivity contribution is -0.274. The summed E-state index contributed by atoms with van der Waals surface area (Å²) in [4.78, 5) is 16.8. The highest BCUT2D eigenvalue weighted by Crippen LogP contribution is 2.41. The van der Waals surface area contributed by atoms with Gasteiger partial charge in [-0.2, -0.15) is 0 Å². The average Bonchev–Trinajstić information content (AvgIpc) is 3.47. The Bertz CT molecular complexity index is 1520. The summed E-state index contributed by atoms with van der Waals surface area (Å²) in [6.45, 7) is 3.94. The van der Waals surface area contributed by atoms with Crippen LogP contribution >= 0.6 is 12.2 Å². The van der Waals surface area contributed by atoms with Crippen LogP contribution in [0.2, 0.25) is 0 Å². The molecule has 3 N–H and O–H groups in total. The number of amides is 2. The first kappa shape index (κ1) is 27.1. The zero-order chi connectivity index (χ0) is 28.4. The smallest absolute Gasteiger partial charge is 0.406 e. The molecule has 0 spiro atoms. The monoisotopic (exact) mass is 566 g/mol. The van der Waals surface area contributed by atoms with Crippen molar-refractivity contribution >= 4 is 29.0 Å². The molecule has 1 fully saturated rings. The summed E-state index contributed by atoms with van der Waals surface area (Å²) in [5, 5.41) is 13.4. The Balaban J connectivity index is 1.14. The van der Waals surface area contributed by atoms with Crippen LogP contribution in [0, 0.1) is 13.8 Å². The maximum Gasteiger partial charge on any atom is 0.573 e. The van der Waals surface area contributed by atoms with E-state index >= 15 is 0 Å². The summed E-state index contributed by atoms with van der Waals surface area (Å²) in [7, 11) is 0. The number of carbonyl (C=O) groups is 1. The minimum atomic E-state index is -4.75. The minimum Gasteiger partial charge on any atom is -0.406 e. The number of hydrogen-bond donors (Lipinski definition) is 3. The topological polar surface area (TPSA) is 93.1 Å². The summed E-state index contributed by atoms with van der Waals surface area (Å²) in [5.41, 5.74) is 5.34. The lowest BCUT2D eigenvalue weighted by atomic mass is 10.1. The maximum atomic E-state index is 12.5. The van der Waals surface area contributed by atoms with Crippen molar-refractivity contribution in [3.8, 4) is 22.8 Å². The van der Waals surface area contributed by atoms with E-state index in [4.69, 9.17) is 12.2 Å². The Hall–Kier alpha value is -4.45. The third-order valence-electron chi connectivity index (χ3n) is 6.48. The zero-order valence-electron chi connectivity index (χ0n) is 21.5. The van der Waals surface area contributed by atoms with E-state index in [0.717, 1.165) is 34.4 Å². The van der Waals surface area contributed by atoms with Crippen molar-refractivity contribution < 1.29 is 22.7 Å². The third-order valence-corrected chi connectivity index (χ3v) is 6.68. The van der Waals surface area contributed by atoms with Gasteiger partial charge in [-0.1, -0.05) is 42.5 Å². The van der Waals surface area contributed by atoms with Gasteiger partial charge in [-0.25, -0.2) is 14.5 Å². The second kappa shape index (κ2) is 11.0. The number of nitrogens with zero attached hydrogens (tertiary/aromatic N) is 3. The first-order valence-corrected chi connectivity index (χ1v) is 12.8. The van der Waals surface area contributed by atoms with Crippen LogP contribution in [0.4, 0.5) is 23.7 Å². The average molecular weight is 567 g/mol. The molecule has 1 aliphatic carbocycles. The van der Waals surface area contributed by atoms with Gasteiger partial charge in [0.25, 0.3) is 0 Å². The molecule has 40 heavy (non-hydrogen) atoms. The minimum absolute atomic E-state index is 0.00419. The van der Waals surface area contributed by atoms with Crippen LogP contribution in [0.25, 0.3) is 17.1 Å². The van der Waals surface area contributed by atoms with Crippen molar-refractivity contribution in [1.29, 1.82) is 0 Å². The van der Waals surface area contributed by atoms with E-state index in [0.29, 0.717) is 11.5 Å². The molecule has 2 atom stereocenters. The summed E-state index contributed by atoms with van der Waals surface area (Å²) >= 11 is 5.30. The van der Waals surface area contributed by atoms with Gasteiger partial charge in [-0.3, -0.25) is 5.32 Å². The Morgan fingerprint density at radius 1 is 1.02 bits per heavy atom. The van der Waals surface area contributed by atoms with Crippen LogP contribution in [-0.2, 0) is 0 Å². The Labute approximate surface area is 233 Å². The fourth-order valence-electron chi connectivity index (χ4n) is 4.39. The van der Waals surface area contributed by atoms with Crippen LogP contribution in [0.5, 0.6) is 5.75 Å². The molecule has 0 aliphatic heterocycles. The Morgan fingerprint density at radius 2 is 1.70 bits per heavy atom.